The van der Waals surface area contributed by atoms with Crippen molar-refractivity contribution in [3.05, 3.63) is 17.5 Å². The lowest BCUT2D eigenvalue weighted by atomic mass is 10.0. The molecule has 1 unspecified atom stereocenters. The molecule has 0 fully saturated rings. The van der Waals surface area contributed by atoms with Gasteiger partial charge >= 0.3 is 5.97 Å². The van der Waals surface area contributed by atoms with Crippen LogP contribution in [0.25, 0.3) is 0 Å². The summed E-state index contributed by atoms with van der Waals surface area (Å²) < 4.78 is 33.0. The van der Waals surface area contributed by atoms with Gasteiger partial charge in [0.15, 0.2) is 0 Å². The zero-order chi connectivity index (χ0) is 15.1. The van der Waals surface area contributed by atoms with Crippen LogP contribution in [-0.2, 0) is 33.0 Å². The Kier molecular flexibility index (Phi) is 3.70. The lowest BCUT2D eigenvalue weighted by Crippen LogP contribution is -2.38. The topological polar surface area (TPSA) is 94.5 Å². The van der Waals surface area contributed by atoms with E-state index in [-0.39, 0.29) is 16.4 Å². The molecule has 0 bridgehead atoms. The van der Waals surface area contributed by atoms with Crippen LogP contribution in [0.2, 0.25) is 0 Å². The van der Waals surface area contributed by atoms with Gasteiger partial charge in [0.05, 0.1) is 13.2 Å². The van der Waals surface area contributed by atoms with Crippen molar-refractivity contribution in [2.24, 2.45) is 7.05 Å². The van der Waals surface area contributed by atoms with Gasteiger partial charge in [-0.05, 0) is 19.8 Å². The lowest BCUT2D eigenvalue weighted by Gasteiger charge is -2.11. The highest BCUT2D eigenvalue weighted by Gasteiger charge is 2.34. The molecule has 1 aliphatic rings. The first-order valence-corrected chi connectivity index (χ1v) is 7.55. The first-order chi connectivity index (χ1) is 9.27. The summed E-state index contributed by atoms with van der Waals surface area (Å²) in [5.74, 6) is -0.840. The van der Waals surface area contributed by atoms with Crippen LogP contribution in [0, 0.1) is 0 Å². The highest BCUT2D eigenvalue weighted by Crippen LogP contribution is 2.27. The molecule has 0 spiro atoms. The van der Waals surface area contributed by atoms with Crippen LogP contribution < -0.4 is 4.72 Å². The molecule has 1 atom stereocenters. The van der Waals surface area contributed by atoms with Crippen LogP contribution in [0.15, 0.2) is 11.1 Å². The third-order valence-corrected chi connectivity index (χ3v) is 4.91. The second-order valence-corrected chi connectivity index (χ2v) is 6.43. The number of aromatic nitrogens is 1. The molecule has 0 aromatic carbocycles. The molecule has 0 aliphatic carbocycles. The quantitative estimate of drug-likeness (QED) is 0.775. The molecular formula is C12H16N2O5S. The number of rotatable bonds is 2. The molecule has 1 aliphatic heterocycles. The van der Waals surface area contributed by atoms with Crippen molar-refractivity contribution < 1.29 is 22.7 Å². The van der Waals surface area contributed by atoms with Gasteiger partial charge in [0.2, 0.25) is 10.0 Å². The lowest BCUT2D eigenvalue weighted by molar-refractivity contribution is -0.118. The van der Waals surface area contributed by atoms with E-state index in [1.54, 1.807) is 7.05 Å². The number of fused-ring (bicyclic) bond motifs is 1. The number of ether oxygens (including phenoxy) is 1. The second-order valence-electron chi connectivity index (χ2n) is 4.75. The largest absolute Gasteiger partial charge is 0.464 e. The number of nitrogens with one attached hydrogen (secondary N) is 1. The molecular weight excluding hydrogens is 284 g/mol. The Morgan fingerprint density at radius 2 is 2.10 bits per heavy atom. The summed E-state index contributed by atoms with van der Waals surface area (Å²) in [6, 6.07) is -0.761. The maximum atomic E-state index is 12.3. The van der Waals surface area contributed by atoms with Crippen LogP contribution in [0.4, 0.5) is 0 Å². The molecule has 0 amide bonds. The van der Waals surface area contributed by atoms with Crippen LogP contribution in [0.3, 0.4) is 0 Å². The number of carbonyl (C=O) groups excluding carboxylic acids is 2. The van der Waals surface area contributed by atoms with Crippen molar-refractivity contribution in [1.29, 1.82) is 0 Å². The number of aryl methyl sites for hydroxylation is 1. The van der Waals surface area contributed by atoms with Gasteiger partial charge in [-0.1, -0.05) is 0 Å². The number of carbonyl (C=O) groups is 2. The zero-order valence-electron chi connectivity index (χ0n) is 11.5. The molecule has 2 heterocycles. The van der Waals surface area contributed by atoms with Crippen LogP contribution in [0.1, 0.15) is 29.4 Å². The Balaban J connectivity index is 2.58. The molecule has 7 nitrogen and oxygen atoms in total. The Morgan fingerprint density at radius 3 is 2.65 bits per heavy atom. The van der Waals surface area contributed by atoms with Crippen molar-refractivity contribution in [2.75, 3.05) is 7.11 Å². The predicted molar refractivity (Wildman–Crippen MR) is 69.9 cm³/mol. The van der Waals surface area contributed by atoms with Crippen LogP contribution in [-0.4, -0.2) is 37.9 Å². The highest BCUT2D eigenvalue weighted by molar-refractivity contribution is 7.89. The Hall–Kier alpha value is -1.67. The highest BCUT2D eigenvalue weighted by atomic mass is 32.2. The molecule has 8 heteroatoms. The van der Waals surface area contributed by atoms with Gasteiger partial charge in [-0.2, -0.15) is 0 Å². The number of nitrogens with zero attached hydrogens (tertiary/aromatic N) is 1. The van der Waals surface area contributed by atoms with E-state index in [2.05, 4.69) is 9.46 Å². The van der Waals surface area contributed by atoms with Crippen molar-refractivity contribution in [3.8, 4) is 0 Å². The van der Waals surface area contributed by atoms with Gasteiger partial charge in [0.1, 0.15) is 16.4 Å². The SMILES string of the molecule is COC(=O)c1c2c(cn1C)S(=O)(=O)NC(C(C)=O)CC2. The van der Waals surface area contributed by atoms with Crippen molar-refractivity contribution in [2.45, 2.75) is 30.7 Å². The normalized spacial score (nSPS) is 20.9. The Labute approximate surface area is 117 Å². The molecule has 110 valence electrons. The van der Waals surface area contributed by atoms with Gasteiger partial charge in [-0.3, -0.25) is 4.79 Å². The van der Waals surface area contributed by atoms with E-state index >= 15 is 0 Å². The number of methoxy groups -OCH3 is 1. The molecule has 2 rings (SSSR count). The van der Waals surface area contributed by atoms with E-state index in [4.69, 9.17) is 0 Å². The molecule has 20 heavy (non-hydrogen) atoms. The summed E-state index contributed by atoms with van der Waals surface area (Å²) in [6.07, 6.45) is 2.00. The van der Waals surface area contributed by atoms with Gasteiger partial charge in [0, 0.05) is 18.8 Å². The Morgan fingerprint density at radius 1 is 1.45 bits per heavy atom. The molecule has 0 radical (unpaired) electrons. The van der Waals surface area contributed by atoms with Crippen LogP contribution in [0.5, 0.6) is 0 Å². The van der Waals surface area contributed by atoms with E-state index in [9.17, 15) is 18.0 Å². The van der Waals surface area contributed by atoms with Crippen molar-refractivity contribution in [1.82, 2.24) is 9.29 Å². The van der Waals surface area contributed by atoms with E-state index < -0.39 is 22.0 Å². The third-order valence-electron chi connectivity index (χ3n) is 3.39. The minimum Gasteiger partial charge on any atom is -0.464 e. The summed E-state index contributed by atoms with van der Waals surface area (Å²) in [5.41, 5.74) is 0.604. The fourth-order valence-corrected chi connectivity index (χ4v) is 3.97. The standard InChI is InChI=1S/C12H16N2O5S/c1-7(15)9-5-4-8-10(20(17,18)13-9)6-14(2)11(8)12(16)19-3/h6,9,13H,4-5H2,1-3H3. The average Bonchev–Trinajstić information content (AvgIpc) is 2.64. The van der Waals surface area contributed by atoms with E-state index in [1.165, 1.54) is 24.8 Å². The van der Waals surface area contributed by atoms with Gasteiger partial charge in [-0.25, -0.2) is 17.9 Å². The zero-order valence-corrected chi connectivity index (χ0v) is 12.3. The number of Topliss-reactive ketones (excluding diaryl/α,β-unsaturated/α-hetero) is 1. The monoisotopic (exact) mass is 300 g/mol. The van der Waals surface area contributed by atoms with Crippen molar-refractivity contribution in [3.63, 3.8) is 0 Å². The maximum Gasteiger partial charge on any atom is 0.354 e. The van der Waals surface area contributed by atoms with Gasteiger partial charge < -0.3 is 9.30 Å². The fourth-order valence-electron chi connectivity index (χ4n) is 2.37. The summed E-state index contributed by atoms with van der Waals surface area (Å²) in [7, 11) is -0.994. The second kappa shape index (κ2) is 5.02. The number of ketones is 1. The van der Waals surface area contributed by atoms with Gasteiger partial charge in [-0.15, -0.1) is 0 Å². The summed E-state index contributed by atoms with van der Waals surface area (Å²) in [6.45, 7) is 1.34. The third kappa shape index (κ3) is 2.36. The molecule has 1 aromatic rings. The minimum atomic E-state index is -3.82. The number of hydrogen-bond acceptors (Lipinski definition) is 5. The van der Waals surface area contributed by atoms with Crippen LogP contribution >= 0.6 is 0 Å². The summed E-state index contributed by atoms with van der Waals surface area (Å²) in [4.78, 5) is 23.2. The fraction of sp³-hybridized carbons (Fsp3) is 0.500. The van der Waals surface area contributed by atoms with E-state index in [0.717, 1.165) is 0 Å². The number of sulfonamides is 1. The predicted octanol–water partition coefficient (Wildman–Crippen LogP) is -0.00620. The number of esters is 1. The van der Waals surface area contributed by atoms with Gasteiger partial charge in [0.25, 0.3) is 0 Å². The number of hydrogen-bond donors (Lipinski definition) is 1. The van der Waals surface area contributed by atoms with Crippen molar-refractivity contribution >= 4 is 21.8 Å². The molecule has 1 N–H and O–H groups in total. The summed E-state index contributed by atoms with van der Waals surface area (Å²) in [5, 5.41) is 0. The van der Waals surface area contributed by atoms with E-state index in [0.29, 0.717) is 18.4 Å². The minimum absolute atomic E-state index is 0.0316. The first kappa shape index (κ1) is 14.7. The maximum absolute atomic E-state index is 12.3. The smallest absolute Gasteiger partial charge is 0.354 e. The Bertz CT molecular complexity index is 674. The molecule has 0 saturated carbocycles. The summed E-state index contributed by atoms with van der Waals surface area (Å²) >= 11 is 0. The molecule has 1 aromatic heterocycles. The molecule has 0 saturated heterocycles. The van der Waals surface area contributed by atoms with E-state index in [1.807, 2.05) is 0 Å². The average molecular weight is 300 g/mol. The first-order valence-electron chi connectivity index (χ1n) is 6.07.